The van der Waals surface area contributed by atoms with Crippen LogP contribution in [-0.4, -0.2) is 18.1 Å². The molecule has 3 nitrogen and oxygen atoms in total. The summed E-state index contributed by atoms with van der Waals surface area (Å²) in [7, 11) is 0. The number of hydrogen-bond donors (Lipinski definition) is 1. The van der Waals surface area contributed by atoms with Gasteiger partial charge >= 0.3 is 0 Å². The topological polar surface area (TPSA) is 48.1 Å². The molecular weight excluding hydrogens is 220 g/mol. The lowest BCUT2D eigenvalue weighted by Crippen LogP contribution is -2.30. The second-order valence-corrected chi connectivity index (χ2v) is 5.43. The van der Waals surface area contributed by atoms with E-state index in [0.29, 0.717) is 0 Å². The number of ether oxygens (including phenoxy) is 1. The van der Waals surface area contributed by atoms with Crippen LogP contribution in [-0.2, 0) is 16.8 Å². The molecule has 4 heteroatoms. The van der Waals surface area contributed by atoms with Crippen molar-refractivity contribution in [2.75, 3.05) is 13.2 Å². The highest BCUT2D eigenvalue weighted by Crippen LogP contribution is 2.36. The fourth-order valence-electron chi connectivity index (χ4n) is 2.05. The third-order valence-electron chi connectivity index (χ3n) is 3.11. The monoisotopic (exact) mass is 240 g/mol. The van der Waals surface area contributed by atoms with Gasteiger partial charge in [-0.15, -0.1) is 11.3 Å². The summed E-state index contributed by atoms with van der Waals surface area (Å²) in [6.07, 6.45) is 5.52. The molecule has 1 atom stereocenters. The molecule has 1 saturated heterocycles. The van der Waals surface area contributed by atoms with Crippen molar-refractivity contribution in [3.05, 3.63) is 16.1 Å². The third kappa shape index (κ3) is 2.62. The highest BCUT2D eigenvalue weighted by atomic mass is 32.1. The first-order chi connectivity index (χ1) is 7.74. The average Bonchev–Trinajstić information content (AvgIpc) is 2.77. The third-order valence-corrected chi connectivity index (χ3v) is 4.25. The Bertz CT molecular complexity index is 332. The second kappa shape index (κ2) is 5.25. The molecule has 0 aromatic carbocycles. The van der Waals surface area contributed by atoms with Crippen LogP contribution < -0.4 is 5.73 Å². The molecule has 90 valence electrons. The Morgan fingerprint density at radius 3 is 3.12 bits per heavy atom. The van der Waals surface area contributed by atoms with Gasteiger partial charge in [0, 0.05) is 12.0 Å². The Morgan fingerprint density at radius 1 is 1.56 bits per heavy atom. The van der Waals surface area contributed by atoms with Crippen LogP contribution in [0.2, 0.25) is 0 Å². The molecule has 0 spiro atoms. The van der Waals surface area contributed by atoms with E-state index in [4.69, 9.17) is 10.5 Å². The summed E-state index contributed by atoms with van der Waals surface area (Å²) >= 11 is 1.73. The molecule has 0 bridgehead atoms. The molecule has 2 heterocycles. The summed E-state index contributed by atoms with van der Waals surface area (Å²) in [6, 6.07) is 0. The molecule has 16 heavy (non-hydrogen) atoms. The zero-order chi connectivity index (χ0) is 11.4. The van der Waals surface area contributed by atoms with E-state index >= 15 is 0 Å². The quantitative estimate of drug-likeness (QED) is 0.879. The maximum atomic E-state index is 5.89. The number of nitrogens with zero attached hydrogens (tertiary/aromatic N) is 1. The van der Waals surface area contributed by atoms with Crippen LogP contribution in [0.25, 0.3) is 0 Å². The lowest BCUT2D eigenvalue weighted by Gasteiger charge is -2.31. The number of aryl methyl sites for hydroxylation is 1. The van der Waals surface area contributed by atoms with E-state index in [-0.39, 0.29) is 5.60 Å². The van der Waals surface area contributed by atoms with E-state index < -0.39 is 0 Å². The Labute approximate surface area is 101 Å². The van der Waals surface area contributed by atoms with Crippen molar-refractivity contribution in [3.8, 4) is 0 Å². The van der Waals surface area contributed by atoms with E-state index in [1.807, 2.05) is 0 Å². The van der Waals surface area contributed by atoms with Gasteiger partial charge in [-0.2, -0.15) is 0 Å². The smallest absolute Gasteiger partial charge is 0.125 e. The van der Waals surface area contributed by atoms with Crippen LogP contribution in [0.3, 0.4) is 0 Å². The SMILES string of the molecule is CC1(c2nc(CCCN)cs2)CCCCO1. The largest absolute Gasteiger partial charge is 0.368 e. The van der Waals surface area contributed by atoms with E-state index in [2.05, 4.69) is 17.3 Å². The van der Waals surface area contributed by atoms with Gasteiger partial charge < -0.3 is 10.5 Å². The van der Waals surface area contributed by atoms with Crippen LogP contribution in [0.4, 0.5) is 0 Å². The van der Waals surface area contributed by atoms with E-state index in [0.717, 1.165) is 37.4 Å². The maximum absolute atomic E-state index is 5.89. The molecule has 0 radical (unpaired) electrons. The minimum atomic E-state index is -0.135. The number of hydrogen-bond acceptors (Lipinski definition) is 4. The molecule has 0 amide bonds. The molecule has 1 aliphatic heterocycles. The van der Waals surface area contributed by atoms with Crippen molar-refractivity contribution in [2.24, 2.45) is 5.73 Å². The fraction of sp³-hybridized carbons (Fsp3) is 0.750. The molecule has 2 N–H and O–H groups in total. The van der Waals surface area contributed by atoms with E-state index in [9.17, 15) is 0 Å². The van der Waals surface area contributed by atoms with Gasteiger partial charge in [-0.05, 0) is 45.6 Å². The van der Waals surface area contributed by atoms with E-state index in [1.54, 1.807) is 11.3 Å². The number of rotatable bonds is 4. The summed E-state index contributed by atoms with van der Waals surface area (Å²) < 4.78 is 5.89. The lowest BCUT2D eigenvalue weighted by atomic mass is 9.97. The highest BCUT2D eigenvalue weighted by Gasteiger charge is 2.32. The van der Waals surface area contributed by atoms with Crippen molar-refractivity contribution >= 4 is 11.3 Å². The molecule has 0 saturated carbocycles. The van der Waals surface area contributed by atoms with Crippen LogP contribution >= 0.6 is 11.3 Å². The molecule has 2 rings (SSSR count). The number of thiazole rings is 1. The van der Waals surface area contributed by atoms with Crippen molar-refractivity contribution < 1.29 is 4.74 Å². The zero-order valence-electron chi connectivity index (χ0n) is 9.87. The standard InChI is InChI=1S/C12H20N2OS/c1-12(6-2-3-8-15-12)11-14-10(9-16-11)5-4-7-13/h9H,2-8,13H2,1H3. The summed E-state index contributed by atoms with van der Waals surface area (Å²) in [5.41, 5.74) is 6.54. The summed E-state index contributed by atoms with van der Waals surface area (Å²) in [6.45, 7) is 3.77. The Balaban J connectivity index is 2.05. The molecule has 0 aliphatic carbocycles. The summed E-state index contributed by atoms with van der Waals surface area (Å²) in [5.74, 6) is 0. The molecule has 1 fully saturated rings. The summed E-state index contributed by atoms with van der Waals surface area (Å²) in [5, 5.41) is 3.29. The Morgan fingerprint density at radius 2 is 2.44 bits per heavy atom. The van der Waals surface area contributed by atoms with Gasteiger partial charge in [-0.1, -0.05) is 0 Å². The van der Waals surface area contributed by atoms with Crippen molar-refractivity contribution in [1.29, 1.82) is 0 Å². The normalized spacial score (nSPS) is 25.9. The molecule has 1 unspecified atom stereocenters. The first-order valence-electron chi connectivity index (χ1n) is 6.03. The minimum absolute atomic E-state index is 0.135. The van der Waals surface area contributed by atoms with Crippen LogP contribution in [0.15, 0.2) is 5.38 Å². The molecular formula is C12H20N2OS. The molecule has 1 aliphatic rings. The van der Waals surface area contributed by atoms with Gasteiger partial charge in [0.1, 0.15) is 10.6 Å². The zero-order valence-corrected chi connectivity index (χ0v) is 10.7. The maximum Gasteiger partial charge on any atom is 0.125 e. The first-order valence-corrected chi connectivity index (χ1v) is 6.91. The van der Waals surface area contributed by atoms with Crippen LogP contribution in [0.5, 0.6) is 0 Å². The van der Waals surface area contributed by atoms with E-state index in [1.165, 1.54) is 18.5 Å². The number of aromatic nitrogens is 1. The van der Waals surface area contributed by atoms with Crippen molar-refractivity contribution in [2.45, 2.75) is 44.6 Å². The lowest BCUT2D eigenvalue weighted by molar-refractivity contribution is -0.0702. The molecule has 1 aromatic heterocycles. The summed E-state index contributed by atoms with van der Waals surface area (Å²) in [4.78, 5) is 4.68. The predicted octanol–water partition coefficient (Wildman–Crippen LogP) is 2.45. The van der Waals surface area contributed by atoms with Crippen LogP contribution in [0.1, 0.15) is 43.3 Å². The fourth-order valence-corrected chi connectivity index (χ4v) is 3.05. The highest BCUT2D eigenvalue weighted by molar-refractivity contribution is 7.09. The average molecular weight is 240 g/mol. The van der Waals surface area contributed by atoms with Gasteiger partial charge in [0.15, 0.2) is 0 Å². The van der Waals surface area contributed by atoms with Crippen LogP contribution in [0, 0.1) is 0 Å². The van der Waals surface area contributed by atoms with Gasteiger partial charge in [0.05, 0.1) is 5.69 Å². The molecule has 1 aromatic rings. The van der Waals surface area contributed by atoms with Gasteiger partial charge in [-0.3, -0.25) is 0 Å². The number of nitrogens with two attached hydrogens (primary N) is 1. The Kier molecular flexibility index (Phi) is 3.95. The van der Waals surface area contributed by atoms with Gasteiger partial charge in [0.2, 0.25) is 0 Å². The Hall–Kier alpha value is -0.450. The minimum Gasteiger partial charge on any atom is -0.368 e. The van der Waals surface area contributed by atoms with Crippen molar-refractivity contribution in [1.82, 2.24) is 4.98 Å². The predicted molar refractivity (Wildman–Crippen MR) is 66.6 cm³/mol. The van der Waals surface area contributed by atoms with Crippen molar-refractivity contribution in [3.63, 3.8) is 0 Å². The first kappa shape index (κ1) is 12.0. The second-order valence-electron chi connectivity index (χ2n) is 4.57. The van der Waals surface area contributed by atoms with Gasteiger partial charge in [-0.25, -0.2) is 4.98 Å². The van der Waals surface area contributed by atoms with Gasteiger partial charge in [0.25, 0.3) is 0 Å².